The molecule has 0 bridgehead atoms. The molecule has 0 fully saturated rings. The summed E-state index contributed by atoms with van der Waals surface area (Å²) in [5.74, 6) is 0.814. The lowest BCUT2D eigenvalue weighted by Crippen LogP contribution is -2.33. The van der Waals surface area contributed by atoms with E-state index < -0.39 is 5.60 Å². The number of ether oxygens (including phenoxy) is 1. The lowest BCUT2D eigenvalue weighted by molar-refractivity contribution is 0.0562. The molecule has 1 unspecified atom stereocenters. The Kier molecular flexibility index (Phi) is 4.93. The van der Waals surface area contributed by atoms with Gasteiger partial charge in [0.25, 0.3) is 0 Å². The van der Waals surface area contributed by atoms with E-state index in [1.165, 1.54) is 0 Å². The van der Waals surface area contributed by atoms with Crippen molar-refractivity contribution in [1.82, 2.24) is 4.98 Å². The average Bonchev–Trinajstić information content (AvgIpc) is 2.47. The third-order valence-corrected chi connectivity index (χ3v) is 3.40. The number of para-hydroxylation sites is 1. The summed E-state index contributed by atoms with van der Waals surface area (Å²) in [4.78, 5) is 4.35. The largest absolute Gasteiger partial charge is 0.491 e. The Morgan fingerprint density at radius 2 is 2.05 bits per heavy atom. The van der Waals surface area contributed by atoms with Crippen molar-refractivity contribution in [3.05, 3.63) is 36.5 Å². The number of rotatable bonds is 7. The Hall–Kier alpha value is -1.65. The minimum absolute atomic E-state index is 0.293. The minimum atomic E-state index is -0.763. The highest BCUT2D eigenvalue weighted by atomic mass is 16.5. The standard InChI is InChI=1S/C16H22N2O2/c1-16(19,12-17)9-2-3-11-20-14-8-4-6-13-7-5-10-18-15(13)14/h4-8,10,19H,2-3,9,11-12,17H2,1H3. The summed E-state index contributed by atoms with van der Waals surface area (Å²) >= 11 is 0. The van der Waals surface area contributed by atoms with Gasteiger partial charge < -0.3 is 15.6 Å². The maximum absolute atomic E-state index is 9.81. The first-order valence-corrected chi connectivity index (χ1v) is 7.01. The van der Waals surface area contributed by atoms with Crippen LogP contribution in [0.1, 0.15) is 26.2 Å². The van der Waals surface area contributed by atoms with Gasteiger partial charge in [0, 0.05) is 18.1 Å². The lowest BCUT2D eigenvalue weighted by Gasteiger charge is -2.20. The van der Waals surface area contributed by atoms with Crippen LogP contribution < -0.4 is 10.5 Å². The number of pyridine rings is 1. The van der Waals surface area contributed by atoms with E-state index in [-0.39, 0.29) is 0 Å². The van der Waals surface area contributed by atoms with E-state index in [2.05, 4.69) is 4.98 Å². The summed E-state index contributed by atoms with van der Waals surface area (Å²) in [6, 6.07) is 9.87. The molecule has 108 valence electrons. The van der Waals surface area contributed by atoms with E-state index in [1.807, 2.05) is 30.3 Å². The van der Waals surface area contributed by atoms with Gasteiger partial charge in [-0.1, -0.05) is 18.2 Å². The second kappa shape index (κ2) is 6.68. The molecule has 20 heavy (non-hydrogen) atoms. The highest BCUT2D eigenvalue weighted by molar-refractivity contribution is 5.84. The third-order valence-electron chi connectivity index (χ3n) is 3.40. The molecule has 1 atom stereocenters. The maximum atomic E-state index is 9.81. The van der Waals surface area contributed by atoms with Crippen LogP contribution >= 0.6 is 0 Å². The van der Waals surface area contributed by atoms with Crippen molar-refractivity contribution in [3.8, 4) is 5.75 Å². The van der Waals surface area contributed by atoms with Gasteiger partial charge in [-0.2, -0.15) is 0 Å². The first-order valence-electron chi connectivity index (χ1n) is 7.01. The zero-order valence-corrected chi connectivity index (χ0v) is 11.9. The third kappa shape index (κ3) is 3.92. The molecule has 0 aliphatic rings. The average molecular weight is 274 g/mol. The van der Waals surface area contributed by atoms with Crippen molar-refractivity contribution < 1.29 is 9.84 Å². The Balaban J connectivity index is 1.85. The highest BCUT2D eigenvalue weighted by Crippen LogP contribution is 2.23. The molecule has 3 N–H and O–H groups in total. The summed E-state index contributed by atoms with van der Waals surface area (Å²) in [6.07, 6.45) is 4.25. The first-order chi connectivity index (χ1) is 9.62. The van der Waals surface area contributed by atoms with E-state index in [1.54, 1.807) is 13.1 Å². The fourth-order valence-corrected chi connectivity index (χ4v) is 2.08. The smallest absolute Gasteiger partial charge is 0.145 e. The summed E-state index contributed by atoms with van der Waals surface area (Å²) in [5, 5.41) is 10.9. The van der Waals surface area contributed by atoms with Gasteiger partial charge in [-0.25, -0.2) is 0 Å². The van der Waals surface area contributed by atoms with Crippen molar-refractivity contribution in [2.45, 2.75) is 31.8 Å². The lowest BCUT2D eigenvalue weighted by atomic mass is 10.00. The molecule has 4 nitrogen and oxygen atoms in total. The van der Waals surface area contributed by atoms with Gasteiger partial charge in [0.05, 0.1) is 12.2 Å². The normalized spacial score (nSPS) is 14.2. The molecule has 0 spiro atoms. The molecule has 0 saturated heterocycles. The molecule has 0 radical (unpaired) electrons. The van der Waals surface area contributed by atoms with Gasteiger partial charge in [-0.15, -0.1) is 0 Å². The van der Waals surface area contributed by atoms with Crippen LogP contribution in [0.15, 0.2) is 36.5 Å². The topological polar surface area (TPSA) is 68.4 Å². The quantitative estimate of drug-likeness (QED) is 0.761. The van der Waals surface area contributed by atoms with Crippen molar-refractivity contribution in [1.29, 1.82) is 0 Å². The summed E-state index contributed by atoms with van der Waals surface area (Å²) in [5.41, 5.74) is 5.61. The molecule has 0 saturated carbocycles. The first kappa shape index (κ1) is 14.8. The van der Waals surface area contributed by atoms with Crippen LogP contribution in [0, 0.1) is 0 Å². The van der Waals surface area contributed by atoms with Gasteiger partial charge in [0.15, 0.2) is 0 Å². The molecule has 1 aromatic carbocycles. The molecule has 0 amide bonds. The second-order valence-corrected chi connectivity index (χ2v) is 5.34. The predicted molar refractivity (Wildman–Crippen MR) is 80.8 cm³/mol. The molecule has 0 aliphatic heterocycles. The highest BCUT2D eigenvalue weighted by Gasteiger charge is 2.16. The Morgan fingerprint density at radius 1 is 1.25 bits per heavy atom. The van der Waals surface area contributed by atoms with E-state index in [4.69, 9.17) is 10.5 Å². The zero-order chi connectivity index (χ0) is 14.4. The molecule has 1 heterocycles. The Morgan fingerprint density at radius 3 is 2.85 bits per heavy atom. The predicted octanol–water partition coefficient (Wildman–Crippen LogP) is 2.49. The van der Waals surface area contributed by atoms with Gasteiger partial charge in [0.1, 0.15) is 11.3 Å². The van der Waals surface area contributed by atoms with Gasteiger partial charge in [-0.3, -0.25) is 4.98 Å². The Bertz CT molecular complexity index is 550. The van der Waals surface area contributed by atoms with Crippen LogP contribution in [-0.4, -0.2) is 28.8 Å². The summed E-state index contributed by atoms with van der Waals surface area (Å²) in [7, 11) is 0. The fraction of sp³-hybridized carbons (Fsp3) is 0.438. The second-order valence-electron chi connectivity index (χ2n) is 5.34. The fourth-order valence-electron chi connectivity index (χ4n) is 2.08. The van der Waals surface area contributed by atoms with Crippen molar-refractivity contribution in [2.75, 3.05) is 13.2 Å². The number of nitrogens with zero attached hydrogens (tertiary/aromatic N) is 1. The molecule has 0 aliphatic carbocycles. The van der Waals surface area contributed by atoms with E-state index in [9.17, 15) is 5.11 Å². The van der Waals surface area contributed by atoms with Gasteiger partial charge in [0.2, 0.25) is 0 Å². The molecule has 2 aromatic rings. The monoisotopic (exact) mass is 274 g/mol. The van der Waals surface area contributed by atoms with Crippen molar-refractivity contribution >= 4 is 10.9 Å². The number of aliphatic hydroxyl groups is 1. The minimum Gasteiger partial charge on any atom is -0.491 e. The number of hydrogen-bond donors (Lipinski definition) is 2. The van der Waals surface area contributed by atoms with Gasteiger partial charge in [-0.05, 0) is 38.3 Å². The maximum Gasteiger partial charge on any atom is 0.145 e. The number of hydrogen-bond acceptors (Lipinski definition) is 4. The number of nitrogens with two attached hydrogens (primary N) is 1. The van der Waals surface area contributed by atoms with Crippen LogP contribution in [-0.2, 0) is 0 Å². The van der Waals surface area contributed by atoms with Crippen LogP contribution in [0.3, 0.4) is 0 Å². The number of fused-ring (bicyclic) bond motifs is 1. The van der Waals surface area contributed by atoms with E-state index in [0.29, 0.717) is 19.6 Å². The molecule has 4 heteroatoms. The summed E-state index contributed by atoms with van der Waals surface area (Å²) < 4.78 is 5.79. The number of benzene rings is 1. The zero-order valence-electron chi connectivity index (χ0n) is 11.9. The molecular formula is C16H22N2O2. The SMILES string of the molecule is CC(O)(CN)CCCCOc1cccc2cccnc12. The Labute approximate surface area is 119 Å². The van der Waals surface area contributed by atoms with Gasteiger partial charge >= 0.3 is 0 Å². The van der Waals surface area contributed by atoms with E-state index in [0.717, 1.165) is 29.5 Å². The van der Waals surface area contributed by atoms with E-state index >= 15 is 0 Å². The van der Waals surface area contributed by atoms with Crippen LogP contribution in [0.2, 0.25) is 0 Å². The van der Waals surface area contributed by atoms with Crippen LogP contribution in [0.4, 0.5) is 0 Å². The molecule has 1 aromatic heterocycles. The summed E-state index contributed by atoms with van der Waals surface area (Å²) in [6.45, 7) is 2.68. The van der Waals surface area contributed by atoms with Crippen molar-refractivity contribution in [2.24, 2.45) is 5.73 Å². The number of unbranched alkanes of at least 4 members (excludes halogenated alkanes) is 1. The molecule has 2 rings (SSSR count). The van der Waals surface area contributed by atoms with Crippen LogP contribution in [0.5, 0.6) is 5.75 Å². The van der Waals surface area contributed by atoms with Crippen LogP contribution in [0.25, 0.3) is 10.9 Å². The number of aromatic nitrogens is 1. The van der Waals surface area contributed by atoms with Crippen molar-refractivity contribution in [3.63, 3.8) is 0 Å². The molecular weight excluding hydrogens is 252 g/mol.